The molecule has 104 valence electrons. The summed E-state index contributed by atoms with van der Waals surface area (Å²) in [6.07, 6.45) is 1.73. The van der Waals surface area contributed by atoms with Crippen LogP contribution in [0.15, 0.2) is 5.16 Å². The standard InChI is InChI=1S/C10H20N4O3S/c1-4-8(5-2)9-12-13-10(18(11,15)16)14(9)6-7-17-3/h8H,4-7H2,1-3H3,(H2,11,15,16). The van der Waals surface area contributed by atoms with Crippen LogP contribution in [0.5, 0.6) is 0 Å². The Morgan fingerprint density at radius 2 is 1.94 bits per heavy atom. The van der Waals surface area contributed by atoms with Crippen molar-refractivity contribution in [1.29, 1.82) is 0 Å². The van der Waals surface area contributed by atoms with Crippen molar-refractivity contribution in [1.82, 2.24) is 14.8 Å². The van der Waals surface area contributed by atoms with Gasteiger partial charge >= 0.3 is 0 Å². The average Bonchev–Trinajstić information content (AvgIpc) is 2.72. The minimum atomic E-state index is -3.86. The highest BCUT2D eigenvalue weighted by Gasteiger charge is 2.24. The molecule has 1 heterocycles. The summed E-state index contributed by atoms with van der Waals surface area (Å²) in [6, 6.07) is 0. The van der Waals surface area contributed by atoms with Gasteiger partial charge in [0.15, 0.2) is 0 Å². The van der Waals surface area contributed by atoms with Crippen molar-refractivity contribution in [2.24, 2.45) is 5.14 Å². The molecule has 0 aromatic carbocycles. The van der Waals surface area contributed by atoms with Crippen molar-refractivity contribution < 1.29 is 13.2 Å². The van der Waals surface area contributed by atoms with Gasteiger partial charge in [-0.05, 0) is 12.8 Å². The van der Waals surface area contributed by atoms with Crippen LogP contribution in [-0.2, 0) is 21.3 Å². The molecule has 0 unspecified atom stereocenters. The van der Waals surface area contributed by atoms with Gasteiger partial charge in [-0.3, -0.25) is 4.57 Å². The molecule has 2 N–H and O–H groups in total. The summed E-state index contributed by atoms with van der Waals surface area (Å²) in [5.74, 6) is 0.825. The molecule has 0 saturated heterocycles. The first-order chi connectivity index (χ1) is 8.45. The van der Waals surface area contributed by atoms with E-state index in [2.05, 4.69) is 10.2 Å². The molecule has 0 amide bonds. The zero-order valence-electron chi connectivity index (χ0n) is 11.0. The SMILES string of the molecule is CCC(CC)c1nnc(S(N)(=O)=O)n1CCOC. The Labute approximate surface area is 107 Å². The monoisotopic (exact) mass is 276 g/mol. The smallest absolute Gasteiger partial charge is 0.273 e. The molecule has 0 aliphatic heterocycles. The van der Waals surface area contributed by atoms with Gasteiger partial charge in [0.05, 0.1) is 6.61 Å². The van der Waals surface area contributed by atoms with Crippen LogP contribution >= 0.6 is 0 Å². The Kier molecular flexibility index (Phi) is 5.24. The Morgan fingerprint density at radius 3 is 2.39 bits per heavy atom. The van der Waals surface area contributed by atoms with Crippen molar-refractivity contribution in [2.45, 2.75) is 44.3 Å². The number of hydrogen-bond donors (Lipinski definition) is 1. The third kappa shape index (κ3) is 3.27. The maximum atomic E-state index is 11.4. The highest BCUT2D eigenvalue weighted by molar-refractivity contribution is 7.89. The van der Waals surface area contributed by atoms with E-state index in [-0.39, 0.29) is 11.1 Å². The molecule has 1 rings (SSSR count). The van der Waals surface area contributed by atoms with E-state index in [1.54, 1.807) is 7.11 Å². The van der Waals surface area contributed by atoms with Crippen molar-refractivity contribution in [3.05, 3.63) is 5.82 Å². The first-order valence-electron chi connectivity index (χ1n) is 5.90. The lowest BCUT2D eigenvalue weighted by atomic mass is 10.0. The number of rotatable bonds is 7. The summed E-state index contributed by atoms with van der Waals surface area (Å²) in [7, 11) is -2.31. The number of aromatic nitrogens is 3. The quantitative estimate of drug-likeness (QED) is 0.780. The number of nitrogens with zero attached hydrogens (tertiary/aromatic N) is 3. The fourth-order valence-corrected chi connectivity index (χ4v) is 2.51. The first kappa shape index (κ1) is 15.1. The molecule has 1 aromatic rings. The summed E-state index contributed by atoms with van der Waals surface area (Å²) in [5.41, 5.74) is 0. The number of methoxy groups -OCH3 is 1. The van der Waals surface area contributed by atoms with Crippen molar-refractivity contribution >= 4 is 10.0 Å². The van der Waals surface area contributed by atoms with E-state index < -0.39 is 10.0 Å². The van der Waals surface area contributed by atoms with Crippen LogP contribution in [0.25, 0.3) is 0 Å². The van der Waals surface area contributed by atoms with Crippen LogP contribution in [0.2, 0.25) is 0 Å². The fraction of sp³-hybridized carbons (Fsp3) is 0.800. The van der Waals surface area contributed by atoms with E-state index in [1.165, 1.54) is 4.57 Å². The Hall–Kier alpha value is -0.990. The topological polar surface area (TPSA) is 100 Å². The lowest BCUT2D eigenvalue weighted by Crippen LogP contribution is -2.21. The van der Waals surface area contributed by atoms with Crippen molar-refractivity contribution in [3.63, 3.8) is 0 Å². The van der Waals surface area contributed by atoms with Gasteiger partial charge in [-0.15, -0.1) is 10.2 Å². The van der Waals surface area contributed by atoms with Gasteiger partial charge in [0.25, 0.3) is 15.2 Å². The second-order valence-corrected chi connectivity index (χ2v) is 5.50. The van der Waals surface area contributed by atoms with Crippen LogP contribution in [0.4, 0.5) is 0 Å². The van der Waals surface area contributed by atoms with Crippen molar-refractivity contribution in [3.8, 4) is 0 Å². The molecule has 0 atom stereocenters. The molecule has 0 radical (unpaired) electrons. The molecule has 18 heavy (non-hydrogen) atoms. The third-order valence-corrected chi connectivity index (χ3v) is 3.68. The van der Waals surface area contributed by atoms with Crippen LogP contribution in [-0.4, -0.2) is 36.9 Å². The normalized spacial score (nSPS) is 12.3. The summed E-state index contributed by atoms with van der Waals surface area (Å²) >= 11 is 0. The summed E-state index contributed by atoms with van der Waals surface area (Å²) in [4.78, 5) is 0. The van der Waals surface area contributed by atoms with Crippen LogP contribution in [0.1, 0.15) is 38.4 Å². The average molecular weight is 276 g/mol. The van der Waals surface area contributed by atoms with Gasteiger partial charge in [0.2, 0.25) is 0 Å². The minimum Gasteiger partial charge on any atom is -0.383 e. The van der Waals surface area contributed by atoms with Crippen LogP contribution in [0, 0.1) is 0 Å². The Bertz CT molecular complexity index is 479. The maximum absolute atomic E-state index is 11.4. The van der Waals surface area contributed by atoms with E-state index in [1.807, 2.05) is 13.8 Å². The van der Waals surface area contributed by atoms with Crippen LogP contribution in [0.3, 0.4) is 0 Å². The molecule has 0 saturated carbocycles. The van der Waals surface area contributed by atoms with E-state index in [0.29, 0.717) is 19.0 Å². The Morgan fingerprint density at radius 1 is 1.33 bits per heavy atom. The predicted octanol–water partition coefficient (Wildman–Crippen LogP) is 0.476. The largest absolute Gasteiger partial charge is 0.383 e. The molecule has 0 bridgehead atoms. The molecular formula is C10H20N4O3S. The third-order valence-electron chi connectivity index (χ3n) is 2.87. The molecule has 0 spiro atoms. The molecule has 8 heteroatoms. The minimum absolute atomic E-state index is 0.171. The summed E-state index contributed by atoms with van der Waals surface area (Å²) in [6.45, 7) is 4.81. The number of primary sulfonamides is 1. The fourth-order valence-electron chi connectivity index (χ4n) is 1.86. The molecule has 0 aliphatic carbocycles. The van der Waals surface area contributed by atoms with Gasteiger partial charge < -0.3 is 4.74 Å². The molecule has 7 nitrogen and oxygen atoms in total. The number of sulfonamides is 1. The lowest BCUT2D eigenvalue weighted by Gasteiger charge is -2.14. The number of ether oxygens (including phenoxy) is 1. The summed E-state index contributed by atoms with van der Waals surface area (Å²) in [5, 5.41) is 12.6. The van der Waals surface area contributed by atoms with Gasteiger partial charge in [-0.25, -0.2) is 13.6 Å². The lowest BCUT2D eigenvalue weighted by molar-refractivity contribution is 0.183. The van der Waals surface area contributed by atoms with Gasteiger partial charge in [-0.2, -0.15) is 0 Å². The maximum Gasteiger partial charge on any atom is 0.273 e. The van der Waals surface area contributed by atoms with E-state index >= 15 is 0 Å². The van der Waals surface area contributed by atoms with E-state index in [9.17, 15) is 8.42 Å². The predicted molar refractivity (Wildman–Crippen MR) is 66.6 cm³/mol. The number of hydrogen-bond acceptors (Lipinski definition) is 5. The second kappa shape index (κ2) is 6.26. The van der Waals surface area contributed by atoms with Crippen molar-refractivity contribution in [2.75, 3.05) is 13.7 Å². The van der Waals surface area contributed by atoms with Gasteiger partial charge in [0.1, 0.15) is 5.82 Å². The van der Waals surface area contributed by atoms with Crippen LogP contribution < -0.4 is 5.14 Å². The summed E-state index contributed by atoms with van der Waals surface area (Å²) < 4.78 is 29.4. The van der Waals surface area contributed by atoms with Gasteiger partial charge in [0, 0.05) is 19.6 Å². The zero-order valence-corrected chi connectivity index (χ0v) is 11.8. The number of nitrogens with two attached hydrogens (primary N) is 1. The Balaban J connectivity index is 3.23. The molecule has 1 aromatic heterocycles. The molecule has 0 fully saturated rings. The molecular weight excluding hydrogens is 256 g/mol. The first-order valence-corrected chi connectivity index (χ1v) is 7.45. The van der Waals surface area contributed by atoms with Gasteiger partial charge in [-0.1, -0.05) is 13.8 Å². The highest BCUT2D eigenvalue weighted by Crippen LogP contribution is 2.22. The van der Waals surface area contributed by atoms with E-state index in [4.69, 9.17) is 9.88 Å². The second-order valence-electron chi connectivity index (χ2n) is 4.04. The highest BCUT2D eigenvalue weighted by atomic mass is 32.2. The zero-order chi connectivity index (χ0) is 13.8. The van der Waals surface area contributed by atoms with E-state index in [0.717, 1.165) is 12.8 Å². The molecule has 0 aliphatic rings.